The Labute approximate surface area is 159 Å². The first-order valence-electron chi connectivity index (χ1n) is 8.29. The van der Waals surface area contributed by atoms with Crippen molar-refractivity contribution in [2.45, 2.75) is 18.3 Å². The Morgan fingerprint density at radius 1 is 1.19 bits per heavy atom. The average molecular weight is 413 g/mol. The number of carbonyl (C=O) groups excluding carboxylic acids is 1. The summed E-state index contributed by atoms with van der Waals surface area (Å²) in [7, 11) is 1.62. The molecule has 0 bridgehead atoms. The summed E-state index contributed by atoms with van der Waals surface area (Å²) in [6, 6.07) is 16.9. The van der Waals surface area contributed by atoms with E-state index in [1.54, 1.807) is 7.11 Å². The standard InChI is InChI=1S/C20H17BrN2O3/c1-25-16-4-2-3-13(11-16)17-12-18(23-26-17)20(9-10-20)19(24)22-15-7-5-14(21)6-8-15/h2-8,11-12H,9-10H2,1H3,(H,22,24). The van der Waals surface area contributed by atoms with Crippen molar-refractivity contribution in [2.75, 3.05) is 12.4 Å². The number of methoxy groups -OCH3 is 1. The third-order valence-corrected chi connectivity index (χ3v) is 5.17. The zero-order valence-corrected chi connectivity index (χ0v) is 15.7. The molecule has 1 aliphatic carbocycles. The van der Waals surface area contributed by atoms with Crippen molar-refractivity contribution in [3.8, 4) is 17.1 Å². The largest absolute Gasteiger partial charge is 0.497 e. The van der Waals surface area contributed by atoms with Crippen molar-refractivity contribution in [1.82, 2.24) is 5.16 Å². The van der Waals surface area contributed by atoms with Crippen LogP contribution in [0.25, 0.3) is 11.3 Å². The van der Waals surface area contributed by atoms with E-state index in [0.29, 0.717) is 11.5 Å². The molecular formula is C20H17BrN2O3. The van der Waals surface area contributed by atoms with E-state index >= 15 is 0 Å². The highest BCUT2D eigenvalue weighted by Gasteiger charge is 2.53. The summed E-state index contributed by atoms with van der Waals surface area (Å²) >= 11 is 3.39. The fraction of sp³-hybridized carbons (Fsp3) is 0.200. The molecular weight excluding hydrogens is 396 g/mol. The van der Waals surface area contributed by atoms with Crippen LogP contribution in [0.5, 0.6) is 5.75 Å². The molecule has 0 spiro atoms. The van der Waals surface area contributed by atoms with Crippen LogP contribution in [-0.2, 0) is 10.2 Å². The van der Waals surface area contributed by atoms with Gasteiger partial charge in [-0.1, -0.05) is 33.2 Å². The van der Waals surface area contributed by atoms with Crippen LogP contribution in [0.4, 0.5) is 5.69 Å². The third kappa shape index (κ3) is 3.12. The van der Waals surface area contributed by atoms with E-state index in [1.165, 1.54) is 0 Å². The Morgan fingerprint density at radius 2 is 1.96 bits per heavy atom. The molecule has 0 atom stereocenters. The summed E-state index contributed by atoms with van der Waals surface area (Å²) in [6.45, 7) is 0. The summed E-state index contributed by atoms with van der Waals surface area (Å²) in [6.07, 6.45) is 1.53. The number of aromatic nitrogens is 1. The van der Waals surface area contributed by atoms with E-state index in [1.807, 2.05) is 54.6 Å². The number of rotatable bonds is 5. The van der Waals surface area contributed by atoms with Crippen LogP contribution in [0.1, 0.15) is 18.5 Å². The smallest absolute Gasteiger partial charge is 0.236 e. The number of nitrogens with one attached hydrogen (secondary N) is 1. The lowest BCUT2D eigenvalue weighted by atomic mass is 10.00. The molecule has 1 N–H and O–H groups in total. The van der Waals surface area contributed by atoms with Crippen LogP contribution in [0.2, 0.25) is 0 Å². The van der Waals surface area contributed by atoms with Crippen molar-refractivity contribution in [3.63, 3.8) is 0 Å². The lowest BCUT2D eigenvalue weighted by molar-refractivity contribution is -0.118. The van der Waals surface area contributed by atoms with Gasteiger partial charge in [-0.2, -0.15) is 0 Å². The molecule has 1 fully saturated rings. The van der Waals surface area contributed by atoms with Crippen LogP contribution in [0.15, 0.2) is 63.6 Å². The first-order chi connectivity index (χ1) is 12.6. The summed E-state index contributed by atoms with van der Waals surface area (Å²) in [5.41, 5.74) is 1.70. The molecule has 1 saturated carbocycles. The lowest BCUT2D eigenvalue weighted by Crippen LogP contribution is -2.28. The van der Waals surface area contributed by atoms with Crippen LogP contribution in [0, 0.1) is 0 Å². The Hall–Kier alpha value is -2.60. The van der Waals surface area contributed by atoms with Crippen molar-refractivity contribution >= 4 is 27.5 Å². The van der Waals surface area contributed by atoms with Gasteiger partial charge in [0.1, 0.15) is 5.75 Å². The highest BCUT2D eigenvalue weighted by atomic mass is 79.9. The molecule has 0 unspecified atom stereocenters. The first-order valence-corrected chi connectivity index (χ1v) is 9.09. The second kappa shape index (κ2) is 6.61. The maximum Gasteiger partial charge on any atom is 0.236 e. The SMILES string of the molecule is COc1cccc(-c2cc(C3(C(=O)Nc4ccc(Br)cc4)CC3)no2)c1. The van der Waals surface area contributed by atoms with E-state index < -0.39 is 5.41 Å². The molecule has 1 heterocycles. The fourth-order valence-corrected chi connectivity index (χ4v) is 3.19. The molecule has 1 amide bonds. The van der Waals surface area contributed by atoms with Crippen molar-refractivity contribution in [2.24, 2.45) is 0 Å². The van der Waals surface area contributed by atoms with Crippen LogP contribution >= 0.6 is 15.9 Å². The van der Waals surface area contributed by atoms with Gasteiger partial charge in [0.05, 0.1) is 18.2 Å². The maximum atomic E-state index is 12.8. The van der Waals surface area contributed by atoms with Crippen molar-refractivity contribution < 1.29 is 14.1 Å². The van der Waals surface area contributed by atoms with Crippen molar-refractivity contribution in [3.05, 3.63) is 64.8 Å². The zero-order valence-electron chi connectivity index (χ0n) is 14.2. The lowest BCUT2D eigenvalue weighted by Gasteiger charge is -2.12. The molecule has 6 heteroatoms. The van der Waals surface area contributed by atoms with Gasteiger partial charge in [-0.15, -0.1) is 0 Å². The van der Waals surface area contributed by atoms with Crippen LogP contribution < -0.4 is 10.1 Å². The number of nitrogens with zero attached hydrogens (tertiary/aromatic N) is 1. The summed E-state index contributed by atoms with van der Waals surface area (Å²) in [4.78, 5) is 12.8. The number of amides is 1. The number of carbonyl (C=O) groups is 1. The Bertz CT molecular complexity index is 946. The number of halogens is 1. The molecule has 1 aromatic heterocycles. The number of anilines is 1. The Balaban J connectivity index is 1.56. The summed E-state index contributed by atoms with van der Waals surface area (Å²) in [5, 5.41) is 7.15. The van der Waals surface area contributed by atoms with Gasteiger partial charge < -0.3 is 14.6 Å². The molecule has 4 rings (SSSR count). The predicted octanol–water partition coefficient (Wildman–Crippen LogP) is 4.78. The van der Waals surface area contributed by atoms with Crippen LogP contribution in [-0.4, -0.2) is 18.2 Å². The molecule has 26 heavy (non-hydrogen) atoms. The number of hydrogen-bond acceptors (Lipinski definition) is 4. The van der Waals surface area contributed by atoms with Gasteiger partial charge in [0.2, 0.25) is 5.91 Å². The normalized spacial score (nSPS) is 14.7. The predicted molar refractivity (Wildman–Crippen MR) is 102 cm³/mol. The zero-order chi connectivity index (χ0) is 18.1. The van der Waals surface area contributed by atoms with Crippen molar-refractivity contribution in [1.29, 1.82) is 0 Å². The number of hydrogen-bond donors (Lipinski definition) is 1. The maximum absolute atomic E-state index is 12.8. The quantitative estimate of drug-likeness (QED) is 0.654. The van der Waals surface area contributed by atoms with Gasteiger partial charge in [0, 0.05) is 21.8 Å². The highest BCUT2D eigenvalue weighted by Crippen LogP contribution is 2.49. The van der Waals surface area contributed by atoms with Gasteiger partial charge in [0.25, 0.3) is 0 Å². The number of ether oxygens (including phenoxy) is 1. The molecule has 2 aromatic carbocycles. The van der Waals surface area contributed by atoms with Gasteiger partial charge in [-0.05, 0) is 49.2 Å². The monoisotopic (exact) mass is 412 g/mol. The first kappa shape index (κ1) is 16.8. The van der Waals surface area contributed by atoms with E-state index in [9.17, 15) is 4.79 Å². The van der Waals surface area contributed by atoms with E-state index in [-0.39, 0.29) is 5.91 Å². The van der Waals surface area contributed by atoms with E-state index in [2.05, 4.69) is 26.4 Å². The fourth-order valence-electron chi connectivity index (χ4n) is 2.92. The molecule has 0 saturated heterocycles. The Kier molecular flexibility index (Phi) is 4.28. The minimum absolute atomic E-state index is 0.0506. The topological polar surface area (TPSA) is 64.4 Å². The third-order valence-electron chi connectivity index (χ3n) is 4.64. The average Bonchev–Trinajstić information content (AvgIpc) is 3.33. The molecule has 3 aromatic rings. The van der Waals surface area contributed by atoms with Gasteiger partial charge >= 0.3 is 0 Å². The van der Waals surface area contributed by atoms with Gasteiger partial charge in [-0.3, -0.25) is 4.79 Å². The second-order valence-corrected chi connectivity index (χ2v) is 7.27. The Morgan fingerprint density at radius 3 is 2.65 bits per heavy atom. The molecule has 0 aliphatic heterocycles. The van der Waals surface area contributed by atoms with E-state index in [4.69, 9.17) is 9.26 Å². The molecule has 1 aliphatic rings. The summed E-state index contributed by atoms with van der Waals surface area (Å²) < 4.78 is 11.7. The summed E-state index contributed by atoms with van der Waals surface area (Å²) in [5.74, 6) is 1.32. The molecule has 132 valence electrons. The van der Waals surface area contributed by atoms with Gasteiger partial charge in [0.15, 0.2) is 5.76 Å². The van der Waals surface area contributed by atoms with Gasteiger partial charge in [-0.25, -0.2) is 0 Å². The van der Waals surface area contributed by atoms with E-state index in [0.717, 1.165) is 34.3 Å². The minimum atomic E-state index is -0.603. The minimum Gasteiger partial charge on any atom is -0.497 e. The molecule has 5 nitrogen and oxygen atoms in total. The number of benzene rings is 2. The molecule has 0 radical (unpaired) electrons. The second-order valence-electron chi connectivity index (χ2n) is 6.35. The van der Waals surface area contributed by atoms with Crippen LogP contribution in [0.3, 0.4) is 0 Å². The highest BCUT2D eigenvalue weighted by molar-refractivity contribution is 9.10.